The van der Waals surface area contributed by atoms with Crippen molar-refractivity contribution in [3.63, 3.8) is 0 Å². The Morgan fingerprint density at radius 3 is 1.96 bits per heavy atom. The van der Waals surface area contributed by atoms with Crippen LogP contribution in [0, 0.1) is 0 Å². The number of carbonyl (C=O) groups is 3. The second-order valence-corrected chi connectivity index (χ2v) is 4.73. The van der Waals surface area contributed by atoms with Crippen LogP contribution >= 0.6 is 0 Å². The molecule has 0 saturated heterocycles. The molecule has 0 fully saturated rings. The highest BCUT2D eigenvalue weighted by atomic mass is 16.6. The molecule has 0 heterocycles. The Balaban J connectivity index is 5.75. The van der Waals surface area contributed by atoms with E-state index in [9.17, 15) is 14.4 Å². The third kappa shape index (κ3) is 8.23. The summed E-state index contributed by atoms with van der Waals surface area (Å²) in [5.41, 5.74) is 0. The van der Waals surface area contributed by atoms with Gasteiger partial charge < -0.3 is 28.4 Å². The van der Waals surface area contributed by atoms with E-state index >= 15 is 0 Å². The van der Waals surface area contributed by atoms with Crippen molar-refractivity contribution in [2.24, 2.45) is 0 Å². The van der Waals surface area contributed by atoms with Gasteiger partial charge in [0, 0.05) is 42.0 Å². The predicted octanol–water partition coefficient (Wildman–Crippen LogP) is 0.0893. The lowest BCUT2D eigenvalue weighted by molar-refractivity contribution is -0.196. The maximum atomic E-state index is 11.6. The van der Waals surface area contributed by atoms with Gasteiger partial charge >= 0.3 is 17.9 Å². The van der Waals surface area contributed by atoms with Gasteiger partial charge in [0.25, 0.3) is 0 Å². The van der Waals surface area contributed by atoms with E-state index < -0.39 is 63.6 Å². The first-order valence-electron chi connectivity index (χ1n) is 9.05. The molecule has 24 heavy (non-hydrogen) atoms. The van der Waals surface area contributed by atoms with Crippen molar-refractivity contribution in [2.45, 2.75) is 45.2 Å². The van der Waals surface area contributed by atoms with E-state index in [4.69, 9.17) is 32.5 Å². The molecular weight excluding hydrogens is 324 g/mol. The van der Waals surface area contributed by atoms with Crippen LogP contribution in [-0.4, -0.2) is 76.8 Å². The maximum absolute atomic E-state index is 11.6. The van der Waals surface area contributed by atoms with Crippen molar-refractivity contribution in [1.82, 2.24) is 0 Å². The molecule has 4 atom stereocenters. The van der Waals surface area contributed by atoms with Gasteiger partial charge in [-0.25, -0.2) is 0 Å². The van der Waals surface area contributed by atoms with Crippen molar-refractivity contribution in [1.29, 1.82) is 0 Å². The fourth-order valence-electron chi connectivity index (χ4n) is 1.92. The summed E-state index contributed by atoms with van der Waals surface area (Å²) in [5, 5.41) is 0. The van der Waals surface area contributed by atoms with Crippen molar-refractivity contribution in [2.75, 3.05) is 34.5 Å². The molecule has 0 bridgehead atoms. The summed E-state index contributed by atoms with van der Waals surface area (Å²) in [7, 11) is -1.54. The van der Waals surface area contributed by atoms with E-state index in [1.54, 1.807) is 0 Å². The van der Waals surface area contributed by atoms with E-state index in [1.165, 1.54) is 6.92 Å². The molecule has 0 saturated carbocycles. The molecule has 9 nitrogen and oxygen atoms in total. The number of hydrogen-bond acceptors (Lipinski definition) is 9. The Kier molecular flexibility index (Phi) is 8.40. The van der Waals surface area contributed by atoms with Crippen LogP contribution < -0.4 is 0 Å². The van der Waals surface area contributed by atoms with Crippen molar-refractivity contribution < 1.29 is 46.9 Å². The Hall–Kier alpha value is -1.71. The van der Waals surface area contributed by atoms with Gasteiger partial charge in [0.2, 0.25) is 0 Å². The van der Waals surface area contributed by atoms with E-state index in [0.717, 1.165) is 13.8 Å². The molecule has 0 rings (SSSR count). The van der Waals surface area contributed by atoms with Crippen molar-refractivity contribution in [3.05, 3.63) is 0 Å². The summed E-state index contributed by atoms with van der Waals surface area (Å²) in [6.07, 6.45) is -4.78. The highest BCUT2D eigenvalue weighted by Gasteiger charge is 2.40. The number of hydrogen-bond donors (Lipinski definition) is 0. The fourth-order valence-corrected chi connectivity index (χ4v) is 1.92. The number of ether oxygens (including phenoxy) is 6. The van der Waals surface area contributed by atoms with Crippen LogP contribution in [0.1, 0.15) is 24.9 Å². The molecule has 140 valence electrons. The largest absolute Gasteiger partial charge is 0.463 e. The normalized spacial score (nSPS) is 17.4. The summed E-state index contributed by atoms with van der Waals surface area (Å²) < 4.78 is 52.3. The highest BCUT2D eigenvalue weighted by molar-refractivity contribution is 5.67. The molecule has 0 aliphatic heterocycles. The SMILES string of the molecule is [2H]COC[C@@H](OC(C)=O)[C@@H](OC(C)=O)[C@H](OC[2H])[C@@H](COC(C)=O)OC[2H]. The molecule has 0 aliphatic carbocycles. The highest BCUT2D eigenvalue weighted by Crippen LogP contribution is 2.18. The second kappa shape index (κ2) is 11.8. The Morgan fingerprint density at radius 2 is 1.46 bits per heavy atom. The molecule has 0 aromatic rings. The van der Waals surface area contributed by atoms with Gasteiger partial charge in [-0.3, -0.25) is 14.4 Å². The van der Waals surface area contributed by atoms with Gasteiger partial charge in [-0.15, -0.1) is 0 Å². The molecule has 0 N–H and O–H groups in total. The number of esters is 3. The minimum Gasteiger partial charge on any atom is -0.463 e. The van der Waals surface area contributed by atoms with Gasteiger partial charge in [-0.05, 0) is 0 Å². The predicted molar refractivity (Wildman–Crippen MR) is 81.2 cm³/mol. The minimum atomic E-state index is -1.30. The lowest BCUT2D eigenvalue weighted by Crippen LogP contribution is -2.52. The zero-order valence-electron chi connectivity index (χ0n) is 17.0. The van der Waals surface area contributed by atoms with Crippen molar-refractivity contribution >= 4 is 17.9 Å². The van der Waals surface area contributed by atoms with Crippen LogP contribution in [0.2, 0.25) is 0 Å². The topological polar surface area (TPSA) is 107 Å². The third-order valence-corrected chi connectivity index (χ3v) is 2.82. The van der Waals surface area contributed by atoms with Gasteiger partial charge in [0.05, 0.1) is 10.7 Å². The standard InChI is InChI=1S/C15H26O9/c1-9(16)22-8-12(20-5)14(21-6)15(24-11(3)18)13(7-19-4)23-10(2)17/h12-15H,7-8H2,1-6H3/t12-,13-,14-,15-/m1/s1/i4D,5D,6D. The maximum Gasteiger partial charge on any atom is 0.303 e. The summed E-state index contributed by atoms with van der Waals surface area (Å²) in [6.45, 7) is 2.79. The lowest BCUT2D eigenvalue weighted by Gasteiger charge is -2.34. The van der Waals surface area contributed by atoms with Crippen LogP contribution in [0.4, 0.5) is 0 Å². The molecule has 0 spiro atoms. The minimum absolute atomic E-state index is 0.292. The number of rotatable bonds is 11. The molecular formula is C15H26O9. The smallest absolute Gasteiger partial charge is 0.303 e. The lowest BCUT2D eigenvalue weighted by atomic mass is 10.0. The molecule has 9 heteroatoms. The van der Waals surface area contributed by atoms with Crippen LogP contribution in [0.15, 0.2) is 0 Å². The van der Waals surface area contributed by atoms with Crippen LogP contribution in [0.25, 0.3) is 0 Å². The Morgan fingerprint density at radius 1 is 0.792 bits per heavy atom. The third-order valence-electron chi connectivity index (χ3n) is 2.82. The first kappa shape index (κ1) is 17.1. The number of methoxy groups -OCH3 is 3. The van der Waals surface area contributed by atoms with Gasteiger partial charge in [-0.2, -0.15) is 0 Å². The zero-order valence-corrected chi connectivity index (χ0v) is 14.0. The van der Waals surface area contributed by atoms with Crippen LogP contribution in [-0.2, 0) is 42.8 Å². The first-order chi connectivity index (χ1) is 12.8. The van der Waals surface area contributed by atoms with E-state index in [2.05, 4.69) is 0 Å². The quantitative estimate of drug-likeness (QED) is 0.377. The molecule has 0 amide bonds. The molecule has 0 aromatic carbocycles. The first-order valence-corrected chi connectivity index (χ1v) is 6.93. The van der Waals surface area contributed by atoms with Crippen LogP contribution in [0.5, 0.6) is 0 Å². The van der Waals surface area contributed by atoms with Gasteiger partial charge in [-0.1, -0.05) is 0 Å². The Labute approximate surface area is 145 Å². The van der Waals surface area contributed by atoms with E-state index in [0.29, 0.717) is 0 Å². The Bertz CT molecular complexity index is 464. The van der Waals surface area contributed by atoms with E-state index in [1.807, 2.05) is 0 Å². The summed E-state index contributed by atoms with van der Waals surface area (Å²) >= 11 is 0. The molecule has 0 aliphatic rings. The zero-order chi connectivity index (χ0) is 20.8. The second-order valence-electron chi connectivity index (χ2n) is 4.73. The summed E-state index contributed by atoms with van der Waals surface area (Å²) in [4.78, 5) is 34.1. The van der Waals surface area contributed by atoms with Gasteiger partial charge in [0.1, 0.15) is 18.8 Å². The molecule has 0 radical (unpaired) electrons. The van der Waals surface area contributed by atoms with Crippen LogP contribution in [0.3, 0.4) is 0 Å². The van der Waals surface area contributed by atoms with Gasteiger partial charge in [0.15, 0.2) is 12.2 Å². The average Bonchev–Trinajstić information content (AvgIpc) is 2.58. The summed E-state index contributed by atoms with van der Waals surface area (Å²) in [5.74, 6) is -2.05. The molecule has 0 unspecified atom stereocenters. The monoisotopic (exact) mass is 353 g/mol. The fraction of sp³-hybridized carbons (Fsp3) is 0.800. The number of carbonyl (C=O) groups excluding carboxylic acids is 3. The van der Waals surface area contributed by atoms with E-state index in [-0.39, 0.29) is 13.2 Å². The van der Waals surface area contributed by atoms with Crippen molar-refractivity contribution in [3.8, 4) is 0 Å². The molecule has 0 aromatic heterocycles. The average molecular weight is 353 g/mol. The summed E-state index contributed by atoms with van der Waals surface area (Å²) in [6, 6.07) is 0.